The van der Waals surface area contributed by atoms with Gasteiger partial charge in [0.15, 0.2) is 0 Å². The van der Waals surface area contributed by atoms with Gasteiger partial charge < -0.3 is 10.5 Å². The Kier molecular flexibility index (Phi) is 3.62. The molecule has 3 heteroatoms. The van der Waals surface area contributed by atoms with Crippen LogP contribution in [0.25, 0.3) is 0 Å². The zero-order valence-electron chi connectivity index (χ0n) is 8.66. The minimum Gasteiger partial charge on any atom is -0.381 e. The quantitative estimate of drug-likeness (QED) is 0.840. The minimum absolute atomic E-state index is 0.0441. The number of hydrogen-bond acceptors (Lipinski definition) is 2. The van der Waals surface area contributed by atoms with Gasteiger partial charge in [0.05, 0.1) is 0 Å². The van der Waals surface area contributed by atoms with Gasteiger partial charge in [-0.25, -0.2) is 0 Å². The molecule has 0 amide bonds. The van der Waals surface area contributed by atoms with E-state index >= 15 is 0 Å². The third kappa shape index (κ3) is 2.51. The van der Waals surface area contributed by atoms with Crippen LogP contribution >= 0.6 is 11.6 Å². The summed E-state index contributed by atoms with van der Waals surface area (Å²) in [6.45, 7) is 1.64. The second kappa shape index (κ2) is 4.97. The zero-order chi connectivity index (χ0) is 10.7. The highest BCUT2D eigenvalue weighted by Crippen LogP contribution is 2.31. The van der Waals surface area contributed by atoms with Crippen LogP contribution in [0.4, 0.5) is 0 Å². The second-order valence-electron chi connectivity index (χ2n) is 4.00. The highest BCUT2D eigenvalue weighted by molar-refractivity contribution is 6.31. The molecule has 1 heterocycles. The van der Waals surface area contributed by atoms with E-state index in [9.17, 15) is 0 Å². The van der Waals surface area contributed by atoms with Gasteiger partial charge in [0.2, 0.25) is 0 Å². The van der Waals surface area contributed by atoms with Gasteiger partial charge in [-0.2, -0.15) is 0 Å². The normalized spacial score (nSPS) is 20.1. The molecule has 0 bridgehead atoms. The average Bonchev–Trinajstić information content (AvgIpc) is 2.30. The monoisotopic (exact) mass is 225 g/mol. The lowest BCUT2D eigenvalue weighted by atomic mass is 9.88. The smallest absolute Gasteiger partial charge is 0.0469 e. The number of hydrogen-bond donors (Lipinski definition) is 1. The Bertz CT molecular complexity index is 323. The van der Waals surface area contributed by atoms with E-state index in [0.29, 0.717) is 5.92 Å². The highest BCUT2D eigenvalue weighted by Gasteiger charge is 2.23. The molecular formula is C12H16ClNO. The molecule has 1 aliphatic rings. The highest BCUT2D eigenvalue weighted by atomic mass is 35.5. The molecule has 1 fully saturated rings. The summed E-state index contributed by atoms with van der Waals surface area (Å²) in [6.07, 6.45) is 2.07. The lowest BCUT2D eigenvalue weighted by Crippen LogP contribution is -2.27. The van der Waals surface area contributed by atoms with Crippen molar-refractivity contribution in [2.24, 2.45) is 11.7 Å². The maximum absolute atomic E-state index is 6.23. The van der Waals surface area contributed by atoms with Crippen molar-refractivity contribution in [1.29, 1.82) is 0 Å². The third-order valence-electron chi connectivity index (χ3n) is 3.04. The Morgan fingerprint density at radius 1 is 1.27 bits per heavy atom. The zero-order valence-corrected chi connectivity index (χ0v) is 9.41. The van der Waals surface area contributed by atoms with Crippen LogP contribution in [0.5, 0.6) is 0 Å². The van der Waals surface area contributed by atoms with Gasteiger partial charge in [0.1, 0.15) is 0 Å². The van der Waals surface area contributed by atoms with E-state index in [4.69, 9.17) is 22.1 Å². The lowest BCUT2D eigenvalue weighted by molar-refractivity contribution is 0.0584. The predicted octanol–water partition coefficient (Wildman–Crippen LogP) is 2.77. The summed E-state index contributed by atoms with van der Waals surface area (Å²) >= 11 is 6.13. The van der Waals surface area contributed by atoms with E-state index in [0.717, 1.165) is 36.6 Å². The molecule has 2 nitrogen and oxygen atoms in total. The van der Waals surface area contributed by atoms with Crippen LogP contribution in [0.1, 0.15) is 24.4 Å². The molecule has 1 aliphatic heterocycles. The summed E-state index contributed by atoms with van der Waals surface area (Å²) in [5.74, 6) is 0.499. The molecule has 0 spiro atoms. The number of halogens is 1. The molecule has 2 rings (SSSR count). The van der Waals surface area contributed by atoms with Crippen molar-refractivity contribution in [3.8, 4) is 0 Å². The van der Waals surface area contributed by atoms with Crippen molar-refractivity contribution < 1.29 is 4.74 Å². The summed E-state index contributed by atoms with van der Waals surface area (Å²) in [5, 5.41) is 0.775. The molecule has 1 atom stereocenters. The van der Waals surface area contributed by atoms with E-state index in [1.807, 2.05) is 24.3 Å². The van der Waals surface area contributed by atoms with Gasteiger partial charge in [-0.15, -0.1) is 0 Å². The van der Waals surface area contributed by atoms with Crippen LogP contribution < -0.4 is 5.73 Å². The van der Waals surface area contributed by atoms with Crippen LogP contribution in [0.2, 0.25) is 5.02 Å². The van der Waals surface area contributed by atoms with E-state index in [1.54, 1.807) is 0 Å². The molecule has 1 saturated heterocycles. The standard InChI is InChI=1S/C12H16ClNO/c13-11-4-2-1-3-10(11)12(14)9-5-7-15-8-6-9/h1-4,9,12H,5-8,14H2. The van der Waals surface area contributed by atoms with Gasteiger partial charge >= 0.3 is 0 Å². The molecular weight excluding hydrogens is 210 g/mol. The van der Waals surface area contributed by atoms with Crippen molar-refractivity contribution in [3.05, 3.63) is 34.9 Å². The Hall–Kier alpha value is -0.570. The summed E-state index contributed by atoms with van der Waals surface area (Å²) in [4.78, 5) is 0. The van der Waals surface area contributed by atoms with Crippen LogP contribution in [-0.2, 0) is 4.74 Å². The van der Waals surface area contributed by atoms with Crippen molar-refractivity contribution >= 4 is 11.6 Å². The van der Waals surface area contributed by atoms with Gasteiger partial charge in [0, 0.05) is 24.3 Å². The van der Waals surface area contributed by atoms with Gasteiger partial charge in [-0.3, -0.25) is 0 Å². The first-order chi connectivity index (χ1) is 7.29. The SMILES string of the molecule is NC(c1ccccc1Cl)C1CCOCC1. The topological polar surface area (TPSA) is 35.2 Å². The van der Waals surface area contributed by atoms with Crippen molar-refractivity contribution in [1.82, 2.24) is 0 Å². The summed E-state index contributed by atoms with van der Waals surface area (Å²) in [6, 6.07) is 7.88. The largest absolute Gasteiger partial charge is 0.381 e. The summed E-state index contributed by atoms with van der Waals surface area (Å²) in [7, 11) is 0. The molecule has 15 heavy (non-hydrogen) atoms. The molecule has 0 saturated carbocycles. The van der Waals surface area contributed by atoms with Crippen molar-refractivity contribution in [3.63, 3.8) is 0 Å². The van der Waals surface area contributed by atoms with Gasteiger partial charge in [-0.05, 0) is 30.4 Å². The molecule has 0 radical (unpaired) electrons. The first-order valence-corrected chi connectivity index (χ1v) is 5.74. The number of ether oxygens (including phenoxy) is 1. The summed E-state index contributed by atoms with van der Waals surface area (Å²) < 4.78 is 5.33. The van der Waals surface area contributed by atoms with Gasteiger partial charge in [-0.1, -0.05) is 29.8 Å². The van der Waals surface area contributed by atoms with Crippen LogP contribution in [0.15, 0.2) is 24.3 Å². The molecule has 1 aromatic rings. The van der Waals surface area contributed by atoms with E-state index in [1.165, 1.54) is 0 Å². The molecule has 2 N–H and O–H groups in total. The fourth-order valence-electron chi connectivity index (χ4n) is 2.07. The Morgan fingerprint density at radius 3 is 2.60 bits per heavy atom. The van der Waals surface area contributed by atoms with Crippen LogP contribution in [-0.4, -0.2) is 13.2 Å². The van der Waals surface area contributed by atoms with E-state index in [2.05, 4.69) is 0 Å². The second-order valence-corrected chi connectivity index (χ2v) is 4.40. The first-order valence-electron chi connectivity index (χ1n) is 5.37. The minimum atomic E-state index is 0.0441. The fourth-order valence-corrected chi connectivity index (χ4v) is 2.34. The number of rotatable bonds is 2. The predicted molar refractivity (Wildman–Crippen MR) is 61.9 cm³/mol. The molecule has 0 aromatic heterocycles. The van der Waals surface area contributed by atoms with Gasteiger partial charge in [0.25, 0.3) is 0 Å². The van der Waals surface area contributed by atoms with Crippen molar-refractivity contribution in [2.45, 2.75) is 18.9 Å². The van der Waals surface area contributed by atoms with E-state index in [-0.39, 0.29) is 6.04 Å². The average molecular weight is 226 g/mol. The maximum Gasteiger partial charge on any atom is 0.0469 e. The first kappa shape index (κ1) is 10.9. The summed E-state index contributed by atoms with van der Waals surface area (Å²) in [5.41, 5.74) is 7.29. The molecule has 1 unspecified atom stereocenters. The lowest BCUT2D eigenvalue weighted by Gasteiger charge is -2.28. The van der Waals surface area contributed by atoms with Crippen LogP contribution in [0, 0.1) is 5.92 Å². The van der Waals surface area contributed by atoms with E-state index < -0.39 is 0 Å². The maximum atomic E-state index is 6.23. The number of nitrogens with two attached hydrogens (primary N) is 1. The molecule has 1 aromatic carbocycles. The Morgan fingerprint density at radius 2 is 1.93 bits per heavy atom. The Labute approximate surface area is 95.4 Å². The number of benzene rings is 1. The third-order valence-corrected chi connectivity index (χ3v) is 3.38. The molecule has 0 aliphatic carbocycles. The van der Waals surface area contributed by atoms with Crippen molar-refractivity contribution in [2.75, 3.05) is 13.2 Å². The Balaban J connectivity index is 2.12. The molecule has 82 valence electrons. The fraction of sp³-hybridized carbons (Fsp3) is 0.500. The van der Waals surface area contributed by atoms with Crippen LogP contribution in [0.3, 0.4) is 0 Å².